The molecule has 1 unspecified atom stereocenters. The zero-order valence-corrected chi connectivity index (χ0v) is 9.91. The van der Waals surface area contributed by atoms with E-state index >= 15 is 0 Å². The molecule has 0 aromatic heterocycles. The molecule has 1 rings (SSSR count). The van der Waals surface area contributed by atoms with Crippen molar-refractivity contribution in [2.45, 2.75) is 26.0 Å². The van der Waals surface area contributed by atoms with Gasteiger partial charge in [-0.2, -0.15) is 8.78 Å². The van der Waals surface area contributed by atoms with Crippen LogP contribution in [0, 0.1) is 0 Å². The van der Waals surface area contributed by atoms with E-state index in [0.717, 1.165) is 0 Å². The molecule has 96 valence electrons. The molecule has 0 aliphatic rings. The molecule has 0 bridgehead atoms. The summed E-state index contributed by atoms with van der Waals surface area (Å²) in [7, 11) is 0. The Morgan fingerprint density at radius 2 is 2.18 bits per heavy atom. The quantitative estimate of drug-likeness (QED) is 0.806. The summed E-state index contributed by atoms with van der Waals surface area (Å²) in [4.78, 5) is 0. The third-order valence-corrected chi connectivity index (χ3v) is 2.58. The van der Waals surface area contributed by atoms with Crippen LogP contribution >= 0.6 is 0 Å². The number of aliphatic hydroxyl groups excluding tert-OH is 1. The Balaban J connectivity index is 2.96. The van der Waals surface area contributed by atoms with Gasteiger partial charge in [-0.25, -0.2) is 0 Å². The third kappa shape index (κ3) is 3.64. The lowest BCUT2D eigenvalue weighted by molar-refractivity contribution is -0.0499. The molecule has 0 saturated carbocycles. The number of alkyl halides is 2. The number of likely N-dealkylation sites (N-methyl/N-ethyl adjacent to an activating group) is 1. The van der Waals surface area contributed by atoms with Crippen molar-refractivity contribution in [3.05, 3.63) is 29.8 Å². The smallest absolute Gasteiger partial charge is 0.387 e. The van der Waals surface area contributed by atoms with Crippen LogP contribution in [-0.2, 0) is 5.54 Å². The molecule has 1 atom stereocenters. The Hall–Kier alpha value is -1.20. The molecule has 1 aromatic carbocycles. The minimum absolute atomic E-state index is 0.0927. The number of benzene rings is 1. The summed E-state index contributed by atoms with van der Waals surface area (Å²) in [5.41, 5.74) is 0.0518. The predicted octanol–water partition coefficient (Wildman–Crippen LogP) is 2.11. The fourth-order valence-electron chi connectivity index (χ4n) is 1.65. The second-order valence-electron chi connectivity index (χ2n) is 3.93. The normalized spacial score (nSPS) is 14.7. The van der Waals surface area contributed by atoms with Crippen LogP contribution in [0.3, 0.4) is 0 Å². The zero-order valence-electron chi connectivity index (χ0n) is 9.91. The summed E-state index contributed by atoms with van der Waals surface area (Å²) in [5.74, 6) is 0.0927. The number of nitrogens with one attached hydrogen (secondary N) is 1. The van der Waals surface area contributed by atoms with Gasteiger partial charge >= 0.3 is 6.61 Å². The SMILES string of the molecule is CCNC(C)(CO)c1cccc(OC(F)F)c1. The van der Waals surface area contributed by atoms with Crippen molar-refractivity contribution in [3.8, 4) is 5.75 Å². The van der Waals surface area contributed by atoms with E-state index in [1.807, 2.05) is 6.92 Å². The first-order valence-corrected chi connectivity index (χ1v) is 5.43. The van der Waals surface area contributed by atoms with Crippen molar-refractivity contribution in [2.75, 3.05) is 13.2 Å². The van der Waals surface area contributed by atoms with Gasteiger partial charge in [0, 0.05) is 0 Å². The summed E-state index contributed by atoms with van der Waals surface area (Å²) in [6.07, 6.45) is 0. The molecular weight excluding hydrogens is 228 g/mol. The zero-order chi connectivity index (χ0) is 12.9. The largest absolute Gasteiger partial charge is 0.435 e. The number of aliphatic hydroxyl groups is 1. The Morgan fingerprint density at radius 3 is 2.71 bits per heavy atom. The lowest BCUT2D eigenvalue weighted by Crippen LogP contribution is -2.42. The molecule has 0 saturated heterocycles. The van der Waals surface area contributed by atoms with Gasteiger partial charge in [0.2, 0.25) is 0 Å². The molecule has 0 fully saturated rings. The van der Waals surface area contributed by atoms with E-state index in [4.69, 9.17) is 0 Å². The molecule has 2 N–H and O–H groups in total. The molecule has 0 spiro atoms. The van der Waals surface area contributed by atoms with Crippen molar-refractivity contribution < 1.29 is 18.6 Å². The maximum absolute atomic E-state index is 12.1. The summed E-state index contributed by atoms with van der Waals surface area (Å²) >= 11 is 0. The Bertz CT molecular complexity index is 360. The van der Waals surface area contributed by atoms with Gasteiger partial charge in [-0.3, -0.25) is 0 Å². The number of hydrogen-bond acceptors (Lipinski definition) is 3. The Morgan fingerprint density at radius 1 is 1.47 bits per heavy atom. The highest BCUT2D eigenvalue weighted by Gasteiger charge is 2.24. The minimum Gasteiger partial charge on any atom is -0.435 e. The Kier molecular flexibility index (Phi) is 4.84. The topological polar surface area (TPSA) is 41.5 Å². The van der Waals surface area contributed by atoms with E-state index in [0.29, 0.717) is 12.1 Å². The summed E-state index contributed by atoms with van der Waals surface area (Å²) in [5, 5.41) is 12.5. The van der Waals surface area contributed by atoms with Gasteiger partial charge < -0.3 is 15.2 Å². The molecular formula is C12H17F2NO2. The number of halogens is 2. The van der Waals surface area contributed by atoms with Crippen LogP contribution in [0.4, 0.5) is 8.78 Å². The van der Waals surface area contributed by atoms with Gasteiger partial charge in [0.05, 0.1) is 12.1 Å². The van der Waals surface area contributed by atoms with Crippen LogP contribution < -0.4 is 10.1 Å². The van der Waals surface area contributed by atoms with E-state index in [2.05, 4.69) is 10.1 Å². The number of ether oxygens (including phenoxy) is 1. The highest BCUT2D eigenvalue weighted by Crippen LogP contribution is 2.25. The molecule has 0 heterocycles. The predicted molar refractivity (Wildman–Crippen MR) is 61.2 cm³/mol. The molecule has 0 radical (unpaired) electrons. The molecule has 0 amide bonds. The number of rotatable bonds is 6. The van der Waals surface area contributed by atoms with E-state index < -0.39 is 12.2 Å². The van der Waals surface area contributed by atoms with E-state index in [1.165, 1.54) is 12.1 Å². The van der Waals surface area contributed by atoms with Crippen LogP contribution in [0.25, 0.3) is 0 Å². The first-order chi connectivity index (χ1) is 8.01. The maximum atomic E-state index is 12.1. The monoisotopic (exact) mass is 245 g/mol. The van der Waals surface area contributed by atoms with Crippen molar-refractivity contribution in [1.82, 2.24) is 5.32 Å². The first kappa shape index (κ1) is 13.9. The fraction of sp³-hybridized carbons (Fsp3) is 0.500. The summed E-state index contributed by atoms with van der Waals surface area (Å²) < 4.78 is 28.5. The second kappa shape index (κ2) is 5.93. The molecule has 1 aromatic rings. The van der Waals surface area contributed by atoms with Gasteiger partial charge in [-0.1, -0.05) is 19.1 Å². The highest BCUT2D eigenvalue weighted by atomic mass is 19.3. The van der Waals surface area contributed by atoms with Crippen molar-refractivity contribution in [2.24, 2.45) is 0 Å². The average molecular weight is 245 g/mol. The van der Waals surface area contributed by atoms with Crippen molar-refractivity contribution >= 4 is 0 Å². The molecule has 17 heavy (non-hydrogen) atoms. The van der Waals surface area contributed by atoms with Gasteiger partial charge in [0.15, 0.2) is 0 Å². The van der Waals surface area contributed by atoms with Gasteiger partial charge in [0.1, 0.15) is 5.75 Å². The molecule has 0 aliphatic carbocycles. The van der Waals surface area contributed by atoms with Crippen LogP contribution in [0.5, 0.6) is 5.75 Å². The summed E-state index contributed by atoms with van der Waals surface area (Å²) in [6, 6.07) is 6.35. The highest BCUT2D eigenvalue weighted by molar-refractivity contribution is 5.33. The van der Waals surface area contributed by atoms with Gasteiger partial charge in [-0.05, 0) is 31.2 Å². The molecule has 3 nitrogen and oxygen atoms in total. The van der Waals surface area contributed by atoms with Crippen molar-refractivity contribution in [1.29, 1.82) is 0 Å². The lowest BCUT2D eigenvalue weighted by atomic mass is 9.93. The van der Waals surface area contributed by atoms with E-state index in [-0.39, 0.29) is 12.4 Å². The van der Waals surface area contributed by atoms with Crippen LogP contribution in [0.15, 0.2) is 24.3 Å². The summed E-state index contributed by atoms with van der Waals surface area (Å²) in [6.45, 7) is 1.41. The minimum atomic E-state index is -2.84. The molecule has 0 aliphatic heterocycles. The van der Waals surface area contributed by atoms with Crippen LogP contribution in [0.1, 0.15) is 19.4 Å². The fourth-order valence-corrected chi connectivity index (χ4v) is 1.65. The van der Waals surface area contributed by atoms with Crippen LogP contribution in [-0.4, -0.2) is 24.9 Å². The first-order valence-electron chi connectivity index (χ1n) is 5.43. The lowest BCUT2D eigenvalue weighted by Gasteiger charge is -2.29. The third-order valence-electron chi connectivity index (χ3n) is 2.58. The van der Waals surface area contributed by atoms with E-state index in [1.54, 1.807) is 19.1 Å². The maximum Gasteiger partial charge on any atom is 0.387 e. The number of hydrogen-bond donors (Lipinski definition) is 2. The Labute approximate surface area is 99.4 Å². The average Bonchev–Trinajstić information content (AvgIpc) is 2.28. The van der Waals surface area contributed by atoms with Gasteiger partial charge in [0.25, 0.3) is 0 Å². The van der Waals surface area contributed by atoms with Gasteiger partial charge in [-0.15, -0.1) is 0 Å². The standard InChI is InChI=1S/C12H17F2NO2/c1-3-15-12(2,8-16)9-5-4-6-10(7-9)17-11(13)14/h4-7,11,15-16H,3,8H2,1-2H3. The van der Waals surface area contributed by atoms with Crippen LogP contribution in [0.2, 0.25) is 0 Å². The second-order valence-corrected chi connectivity index (χ2v) is 3.93. The van der Waals surface area contributed by atoms with E-state index in [9.17, 15) is 13.9 Å². The van der Waals surface area contributed by atoms with Crippen molar-refractivity contribution in [3.63, 3.8) is 0 Å². The molecule has 5 heteroatoms.